The minimum atomic E-state index is 0.384. The minimum Gasteiger partial charge on any atom is -0.382 e. The third-order valence-electron chi connectivity index (χ3n) is 2.11. The molecule has 98 valence electrons. The van der Waals surface area contributed by atoms with Crippen molar-refractivity contribution in [2.24, 2.45) is 0 Å². The predicted octanol–water partition coefficient (Wildman–Crippen LogP) is 0.981. The van der Waals surface area contributed by atoms with E-state index in [1.54, 1.807) is 12.5 Å². The maximum absolute atomic E-state index is 5.54. The second kappa shape index (κ2) is 6.43. The van der Waals surface area contributed by atoms with Crippen LogP contribution in [0.5, 0.6) is 0 Å². The lowest BCUT2D eigenvalue weighted by molar-refractivity contribution is 0.0714. The van der Waals surface area contributed by atoms with Gasteiger partial charge in [0, 0.05) is 18.9 Å². The largest absolute Gasteiger partial charge is 0.382 e. The first-order valence-electron chi connectivity index (χ1n) is 5.40. The summed E-state index contributed by atoms with van der Waals surface area (Å²) in [5, 5.41) is 6.10. The molecule has 0 aliphatic heterocycles. The molecule has 0 amide bonds. The summed E-state index contributed by atoms with van der Waals surface area (Å²) in [4.78, 5) is 8.28. The molecule has 2 N–H and O–H groups in total. The number of anilines is 1. The fraction of sp³-hybridized carbons (Fsp3) is 0.500. The van der Waals surface area contributed by atoms with Gasteiger partial charge < -0.3 is 19.7 Å². The van der Waals surface area contributed by atoms with E-state index in [1.807, 2.05) is 0 Å². The Bertz CT molecular complexity index is 485. The highest BCUT2D eigenvalue weighted by Crippen LogP contribution is 2.21. The van der Waals surface area contributed by atoms with Gasteiger partial charge in [0.15, 0.2) is 11.0 Å². The summed E-state index contributed by atoms with van der Waals surface area (Å²) in [6.45, 7) is 1.67. The molecule has 0 aliphatic rings. The minimum absolute atomic E-state index is 0.384. The van der Waals surface area contributed by atoms with Crippen LogP contribution in [0, 0.1) is 0 Å². The zero-order chi connectivity index (χ0) is 12.8. The second-order valence-corrected chi connectivity index (χ2v) is 4.33. The number of aromatic nitrogens is 3. The number of hydrogen-bond donors (Lipinski definition) is 1. The molecular weight excluding hydrogens is 256 g/mol. The van der Waals surface area contributed by atoms with Gasteiger partial charge in [-0.05, 0) is 0 Å². The van der Waals surface area contributed by atoms with E-state index in [1.165, 1.54) is 11.3 Å². The average Bonchev–Trinajstić information content (AvgIpc) is 2.97. The van der Waals surface area contributed by atoms with Crippen molar-refractivity contribution in [2.75, 3.05) is 32.7 Å². The Morgan fingerprint density at radius 2 is 2.22 bits per heavy atom. The third kappa shape index (κ3) is 3.49. The zero-order valence-corrected chi connectivity index (χ0v) is 10.8. The van der Waals surface area contributed by atoms with Gasteiger partial charge >= 0.3 is 0 Å². The Morgan fingerprint density at radius 1 is 1.33 bits per heavy atom. The van der Waals surface area contributed by atoms with Gasteiger partial charge in [-0.1, -0.05) is 5.16 Å². The maximum atomic E-state index is 5.54. The maximum Gasteiger partial charge on any atom is 0.277 e. The van der Waals surface area contributed by atoms with Gasteiger partial charge in [0.2, 0.25) is 0 Å². The van der Waals surface area contributed by atoms with Gasteiger partial charge in [0.1, 0.15) is 5.69 Å². The molecular formula is C10H14N4O3S. The number of ether oxygens (including phenoxy) is 2. The topological polar surface area (TPSA) is 96.3 Å². The Labute approximate surface area is 108 Å². The molecule has 8 heteroatoms. The van der Waals surface area contributed by atoms with Gasteiger partial charge in [-0.15, -0.1) is 11.3 Å². The van der Waals surface area contributed by atoms with E-state index in [4.69, 9.17) is 19.7 Å². The first kappa shape index (κ1) is 12.9. The Kier molecular flexibility index (Phi) is 4.62. The highest BCUT2D eigenvalue weighted by Gasteiger charge is 2.11. The van der Waals surface area contributed by atoms with Crippen molar-refractivity contribution in [2.45, 2.75) is 6.42 Å². The van der Waals surface area contributed by atoms with Crippen molar-refractivity contribution in [1.29, 1.82) is 0 Å². The molecule has 0 atom stereocenters. The number of nitrogens with zero attached hydrogens (tertiary/aromatic N) is 3. The molecule has 0 radical (unpaired) electrons. The van der Waals surface area contributed by atoms with Crippen LogP contribution in [0.15, 0.2) is 9.90 Å². The molecule has 7 nitrogen and oxygen atoms in total. The number of rotatable bonds is 7. The fourth-order valence-corrected chi connectivity index (χ4v) is 1.79. The lowest BCUT2D eigenvalue weighted by atomic mass is 10.4. The van der Waals surface area contributed by atoms with Crippen LogP contribution < -0.4 is 5.73 Å². The van der Waals surface area contributed by atoms with Crippen LogP contribution in [-0.4, -0.2) is 42.1 Å². The smallest absolute Gasteiger partial charge is 0.277 e. The summed E-state index contributed by atoms with van der Waals surface area (Å²) in [5.74, 6) is 0.976. The first-order valence-corrected chi connectivity index (χ1v) is 6.28. The lowest BCUT2D eigenvalue weighted by Gasteiger charge is -1.99. The van der Waals surface area contributed by atoms with E-state index < -0.39 is 0 Å². The average molecular weight is 270 g/mol. The molecule has 0 fully saturated rings. The Hall–Kier alpha value is -1.51. The van der Waals surface area contributed by atoms with Crippen LogP contribution in [0.3, 0.4) is 0 Å². The van der Waals surface area contributed by atoms with Gasteiger partial charge in [-0.2, -0.15) is 4.98 Å². The number of nitrogen functional groups attached to an aromatic ring is 1. The molecule has 0 saturated heterocycles. The monoisotopic (exact) mass is 270 g/mol. The molecule has 0 bridgehead atoms. The molecule has 18 heavy (non-hydrogen) atoms. The summed E-state index contributed by atoms with van der Waals surface area (Å²) in [6.07, 6.45) is 0.590. The molecule has 0 aliphatic carbocycles. The van der Waals surface area contributed by atoms with E-state index in [9.17, 15) is 0 Å². The summed E-state index contributed by atoms with van der Waals surface area (Å²) < 4.78 is 15.3. The normalized spacial score (nSPS) is 10.9. The standard InChI is InChI=1S/C10H14N4O3S/c1-15-4-5-16-3-2-8-13-9(17-14-8)7-6-18-10(11)12-7/h6H,2-5H2,1H3,(H2,11,12). The summed E-state index contributed by atoms with van der Waals surface area (Å²) in [5.41, 5.74) is 6.14. The quantitative estimate of drug-likeness (QED) is 0.749. The Morgan fingerprint density at radius 3 is 2.94 bits per heavy atom. The third-order valence-corrected chi connectivity index (χ3v) is 2.78. The second-order valence-electron chi connectivity index (χ2n) is 3.44. The van der Waals surface area contributed by atoms with Crippen molar-refractivity contribution >= 4 is 16.5 Å². The number of nitrogens with two attached hydrogens (primary N) is 1. The van der Waals surface area contributed by atoms with Gasteiger partial charge in [-0.25, -0.2) is 4.98 Å². The predicted molar refractivity (Wildman–Crippen MR) is 66.2 cm³/mol. The molecule has 2 rings (SSSR count). The van der Waals surface area contributed by atoms with Crippen molar-refractivity contribution in [3.05, 3.63) is 11.2 Å². The highest BCUT2D eigenvalue weighted by atomic mass is 32.1. The lowest BCUT2D eigenvalue weighted by Crippen LogP contribution is -2.05. The van der Waals surface area contributed by atoms with Crippen LogP contribution in [0.2, 0.25) is 0 Å². The number of methoxy groups -OCH3 is 1. The van der Waals surface area contributed by atoms with E-state index in [0.717, 1.165) is 0 Å². The first-order chi connectivity index (χ1) is 8.79. The van der Waals surface area contributed by atoms with E-state index in [0.29, 0.717) is 48.8 Å². The van der Waals surface area contributed by atoms with Gasteiger partial charge in [0.25, 0.3) is 5.89 Å². The van der Waals surface area contributed by atoms with Crippen LogP contribution in [-0.2, 0) is 15.9 Å². The van der Waals surface area contributed by atoms with Crippen LogP contribution in [0.1, 0.15) is 5.82 Å². The molecule has 0 unspecified atom stereocenters. The van der Waals surface area contributed by atoms with Crippen molar-refractivity contribution < 1.29 is 14.0 Å². The summed E-state index contributed by atoms with van der Waals surface area (Å²) in [6, 6.07) is 0. The van der Waals surface area contributed by atoms with Crippen molar-refractivity contribution in [1.82, 2.24) is 15.1 Å². The van der Waals surface area contributed by atoms with Crippen molar-refractivity contribution in [3.63, 3.8) is 0 Å². The summed E-state index contributed by atoms with van der Waals surface area (Å²) in [7, 11) is 1.63. The molecule has 2 aromatic rings. The fourth-order valence-electron chi connectivity index (χ4n) is 1.25. The van der Waals surface area contributed by atoms with E-state index in [-0.39, 0.29) is 0 Å². The number of hydrogen-bond acceptors (Lipinski definition) is 8. The van der Waals surface area contributed by atoms with Crippen LogP contribution >= 0.6 is 11.3 Å². The van der Waals surface area contributed by atoms with Gasteiger partial charge in [-0.3, -0.25) is 0 Å². The molecule has 0 spiro atoms. The zero-order valence-electron chi connectivity index (χ0n) is 9.96. The van der Waals surface area contributed by atoms with E-state index >= 15 is 0 Å². The molecule has 0 aromatic carbocycles. The molecule has 0 saturated carbocycles. The highest BCUT2D eigenvalue weighted by molar-refractivity contribution is 7.13. The van der Waals surface area contributed by atoms with Gasteiger partial charge in [0.05, 0.1) is 19.8 Å². The Balaban J connectivity index is 1.83. The summed E-state index contributed by atoms with van der Waals surface area (Å²) >= 11 is 1.34. The van der Waals surface area contributed by atoms with Crippen LogP contribution in [0.25, 0.3) is 11.6 Å². The molecule has 2 aromatic heterocycles. The van der Waals surface area contributed by atoms with E-state index in [2.05, 4.69) is 15.1 Å². The van der Waals surface area contributed by atoms with Crippen LogP contribution in [0.4, 0.5) is 5.13 Å². The van der Waals surface area contributed by atoms with Crippen molar-refractivity contribution in [3.8, 4) is 11.6 Å². The molecule has 2 heterocycles. The number of thiazole rings is 1. The SMILES string of the molecule is COCCOCCc1noc(-c2csc(N)n2)n1.